The highest BCUT2D eigenvalue weighted by Crippen LogP contribution is 2.25. The van der Waals surface area contributed by atoms with E-state index in [1.807, 2.05) is 6.92 Å². The predicted molar refractivity (Wildman–Crippen MR) is 278 cm³/mol. The van der Waals surface area contributed by atoms with E-state index in [4.69, 9.17) is 71.1 Å². The summed E-state index contributed by atoms with van der Waals surface area (Å²) in [6.07, 6.45) is -20.5. The number of carbonyl (C=O) groups is 3. The van der Waals surface area contributed by atoms with Gasteiger partial charge in [-0.3, -0.25) is 14.4 Å². The molecule has 83 heavy (non-hydrogen) atoms. The van der Waals surface area contributed by atoms with Crippen LogP contribution in [-0.4, -0.2) is 349 Å². The molecule has 3 rings (SSSR count). The van der Waals surface area contributed by atoms with Crippen molar-refractivity contribution in [2.24, 2.45) is 5.41 Å². The zero-order valence-corrected chi connectivity index (χ0v) is 47.1. The van der Waals surface area contributed by atoms with Gasteiger partial charge in [0.2, 0.25) is 17.7 Å². The van der Waals surface area contributed by atoms with Crippen molar-refractivity contribution in [1.29, 1.82) is 0 Å². The molecule has 0 bridgehead atoms. The Balaban J connectivity index is 1.26. The van der Waals surface area contributed by atoms with Gasteiger partial charge in [-0.2, -0.15) is 0 Å². The van der Waals surface area contributed by atoms with E-state index in [1.54, 1.807) is 0 Å². The van der Waals surface area contributed by atoms with Crippen molar-refractivity contribution in [3.63, 3.8) is 0 Å². The first-order valence-corrected chi connectivity index (χ1v) is 27.7. The van der Waals surface area contributed by atoms with E-state index >= 15 is 0 Å². The van der Waals surface area contributed by atoms with Gasteiger partial charge in [-0.1, -0.05) is 6.92 Å². The number of aliphatic hydroxyl groups is 12. The number of hydrogen-bond acceptors (Lipinski definition) is 30. The third-order valence-corrected chi connectivity index (χ3v) is 12.7. The molecule has 3 aliphatic heterocycles. The molecule has 33 nitrogen and oxygen atoms in total. The third-order valence-electron chi connectivity index (χ3n) is 12.7. The minimum absolute atomic E-state index is 0.0108. The van der Waals surface area contributed by atoms with Crippen LogP contribution in [0.4, 0.5) is 0 Å². The van der Waals surface area contributed by atoms with Crippen LogP contribution in [0.15, 0.2) is 0 Å². The fourth-order valence-corrected chi connectivity index (χ4v) is 7.88. The first kappa shape index (κ1) is 74.6. The quantitative estimate of drug-likeness (QED) is 0.0252. The summed E-state index contributed by atoms with van der Waals surface area (Å²) < 4.78 is 82.2. The average molecular weight is 1220 g/mol. The van der Waals surface area contributed by atoms with Gasteiger partial charge in [-0.05, 0) is 0 Å². The highest BCUT2D eigenvalue weighted by atomic mass is 16.7. The van der Waals surface area contributed by atoms with Gasteiger partial charge in [-0.15, -0.1) is 0 Å². The monoisotopic (exact) mass is 1220 g/mol. The molecule has 15 atom stereocenters. The first-order chi connectivity index (χ1) is 40.0. The highest BCUT2D eigenvalue weighted by Gasteiger charge is 2.46. The van der Waals surface area contributed by atoms with Crippen LogP contribution in [0.3, 0.4) is 0 Å². The molecular weight excluding hydrogens is 1120 g/mol. The Bertz CT molecular complexity index is 1500. The highest BCUT2D eigenvalue weighted by molar-refractivity contribution is 5.76. The van der Waals surface area contributed by atoms with Crippen molar-refractivity contribution in [3.8, 4) is 0 Å². The lowest BCUT2D eigenvalue weighted by Gasteiger charge is -2.39. The molecule has 0 radical (unpaired) electrons. The van der Waals surface area contributed by atoms with Crippen molar-refractivity contribution in [3.05, 3.63) is 0 Å². The number of ether oxygens (including phenoxy) is 15. The van der Waals surface area contributed by atoms with E-state index in [9.17, 15) is 75.7 Å². The molecule has 0 aliphatic carbocycles. The van der Waals surface area contributed by atoms with Crippen LogP contribution in [-0.2, 0) is 85.4 Å². The van der Waals surface area contributed by atoms with Gasteiger partial charge in [0, 0.05) is 44.3 Å². The SMILES string of the molecule is CC(COCCC(=O)NCCOCCOCCOC1OC(CO)C(O)C(O)C1O)(COCCC(=O)NCCOCCOCCO[C@H]1OC(CO)[C@@H](O)[C@H](O)C1O)COCCC(=O)NCCOCCOCCO[C@H]1OC(CO)[C@@H](O)[C@H](O)C1O. The second-order valence-corrected chi connectivity index (χ2v) is 19.6. The molecule has 0 aromatic rings. The number of hydrogen-bond donors (Lipinski definition) is 15. The molecule has 3 saturated heterocycles. The Hall–Kier alpha value is -2.67. The number of nitrogens with one attached hydrogen (secondary N) is 3. The molecule has 0 saturated carbocycles. The van der Waals surface area contributed by atoms with Gasteiger partial charge < -0.3 is 148 Å². The summed E-state index contributed by atoms with van der Waals surface area (Å²) in [5, 5.41) is 125. The molecule has 33 heteroatoms. The molecule has 3 fully saturated rings. The van der Waals surface area contributed by atoms with E-state index < -0.39 is 117 Å². The number of carbonyl (C=O) groups excluding carboxylic acids is 3. The summed E-state index contributed by atoms with van der Waals surface area (Å²) >= 11 is 0. The van der Waals surface area contributed by atoms with Crippen LogP contribution in [0.1, 0.15) is 26.2 Å². The van der Waals surface area contributed by atoms with E-state index in [0.29, 0.717) is 0 Å². The van der Waals surface area contributed by atoms with Gasteiger partial charge >= 0.3 is 0 Å². The van der Waals surface area contributed by atoms with Gasteiger partial charge in [0.1, 0.15) is 73.2 Å². The van der Waals surface area contributed by atoms with Crippen LogP contribution in [0.25, 0.3) is 0 Å². The standard InChI is InChI=1S/C50H93N3O30/c1-50(29-75-8-2-35(57)51-5-11-69-14-17-72-20-23-78-47-44(66)41(63)38(60)32(26-54)81-47,30-76-9-3-36(58)52-6-12-70-15-18-73-21-24-79-48-45(67)42(64)39(61)33(27-55)82-48)31-77-10-4-37(59)53-7-13-71-16-19-74-22-25-80-49-46(68)43(65)40(62)34(28-56)83-49/h32-34,38-49,54-56,60-68H,2-31H2,1H3,(H,51,57)(H,52,58)(H,53,59)/t32?,33?,34?,38-,39-,40?,41+,42+,43?,44?,45?,46?,47+,48+,49?,50?/m1/s1. The van der Waals surface area contributed by atoms with E-state index in [0.717, 1.165) is 0 Å². The number of amides is 3. The van der Waals surface area contributed by atoms with Crippen LogP contribution < -0.4 is 16.0 Å². The van der Waals surface area contributed by atoms with E-state index in [1.165, 1.54) is 0 Å². The van der Waals surface area contributed by atoms with E-state index in [2.05, 4.69) is 16.0 Å². The zero-order valence-electron chi connectivity index (χ0n) is 47.1. The maximum Gasteiger partial charge on any atom is 0.222 e. The molecule has 0 aromatic heterocycles. The minimum atomic E-state index is -1.55. The molecule has 488 valence electrons. The van der Waals surface area contributed by atoms with Crippen LogP contribution in [0.5, 0.6) is 0 Å². The Morgan fingerprint density at radius 1 is 0.337 bits per heavy atom. The van der Waals surface area contributed by atoms with Crippen LogP contribution >= 0.6 is 0 Å². The van der Waals surface area contributed by atoms with Crippen LogP contribution in [0, 0.1) is 5.41 Å². The summed E-state index contributed by atoms with van der Waals surface area (Å²) in [6, 6.07) is 0. The molecule has 0 spiro atoms. The van der Waals surface area contributed by atoms with Gasteiger partial charge in [0.15, 0.2) is 18.9 Å². The molecular formula is C50H93N3O30. The first-order valence-electron chi connectivity index (χ1n) is 27.7. The molecule has 15 N–H and O–H groups in total. The van der Waals surface area contributed by atoms with Gasteiger partial charge in [0.25, 0.3) is 0 Å². The smallest absolute Gasteiger partial charge is 0.222 e. The largest absolute Gasteiger partial charge is 0.394 e. The average Bonchev–Trinajstić information content (AvgIpc) is 3.66. The van der Waals surface area contributed by atoms with Crippen molar-refractivity contribution >= 4 is 17.7 Å². The van der Waals surface area contributed by atoms with Crippen molar-refractivity contribution in [2.75, 3.05) is 178 Å². The lowest BCUT2D eigenvalue weighted by Crippen LogP contribution is -2.59. The maximum atomic E-state index is 12.5. The second kappa shape index (κ2) is 43.9. The molecule has 3 heterocycles. The second-order valence-electron chi connectivity index (χ2n) is 19.6. The van der Waals surface area contributed by atoms with Crippen molar-refractivity contribution in [2.45, 2.75) is 118 Å². The Labute approximate surface area is 481 Å². The summed E-state index contributed by atoms with van der Waals surface area (Å²) in [5.74, 6) is -0.847. The normalized spacial score (nSPS) is 29.1. The van der Waals surface area contributed by atoms with Gasteiger partial charge in [-0.25, -0.2) is 0 Å². The van der Waals surface area contributed by atoms with E-state index in [-0.39, 0.29) is 195 Å². The van der Waals surface area contributed by atoms with Crippen molar-refractivity contribution in [1.82, 2.24) is 16.0 Å². The molecule has 9 unspecified atom stereocenters. The fraction of sp³-hybridized carbons (Fsp3) is 0.940. The number of rotatable bonds is 48. The summed E-state index contributed by atoms with van der Waals surface area (Å²) in [6.45, 7) is 3.37. The van der Waals surface area contributed by atoms with Crippen LogP contribution in [0.2, 0.25) is 0 Å². The lowest BCUT2D eigenvalue weighted by molar-refractivity contribution is -0.302. The maximum absolute atomic E-state index is 12.5. The number of aliphatic hydroxyl groups excluding tert-OH is 12. The Kier molecular flexibility index (Phi) is 39.4. The van der Waals surface area contributed by atoms with Gasteiger partial charge in [0.05, 0.1) is 159 Å². The molecule has 3 amide bonds. The zero-order chi connectivity index (χ0) is 60.8. The fourth-order valence-electron chi connectivity index (χ4n) is 7.88. The molecule has 3 aliphatic rings. The third kappa shape index (κ3) is 29.7. The summed E-state index contributed by atoms with van der Waals surface area (Å²) in [4.78, 5) is 37.5. The predicted octanol–water partition coefficient (Wildman–Crippen LogP) is -8.89. The summed E-state index contributed by atoms with van der Waals surface area (Å²) in [5.41, 5.74) is -0.755. The lowest BCUT2D eigenvalue weighted by atomic mass is 9.94. The Morgan fingerprint density at radius 2 is 0.578 bits per heavy atom. The minimum Gasteiger partial charge on any atom is -0.394 e. The Morgan fingerprint density at radius 3 is 0.831 bits per heavy atom. The molecule has 0 aromatic carbocycles. The summed E-state index contributed by atoms with van der Waals surface area (Å²) in [7, 11) is 0. The van der Waals surface area contributed by atoms with Crippen molar-refractivity contribution < 1.29 is 147 Å². The topological polar surface area (TPSA) is 469 Å².